The van der Waals surface area contributed by atoms with E-state index in [2.05, 4.69) is 15.3 Å². The molecule has 3 aromatic rings. The molecule has 0 amide bonds. The molecule has 0 aliphatic heterocycles. The predicted molar refractivity (Wildman–Crippen MR) is 114 cm³/mol. The summed E-state index contributed by atoms with van der Waals surface area (Å²) in [5, 5.41) is 3.61. The lowest BCUT2D eigenvalue weighted by molar-refractivity contribution is 0.0601. The molecule has 1 N–H and O–H groups in total. The number of aromatic nitrogens is 2. The fourth-order valence-electron chi connectivity index (χ4n) is 3.02. The van der Waals surface area contributed by atoms with Crippen molar-refractivity contribution < 1.29 is 18.7 Å². The summed E-state index contributed by atoms with van der Waals surface area (Å²) in [7, 11) is 2.78. The number of rotatable bonds is 6. The highest BCUT2D eigenvalue weighted by atomic mass is 35.5. The van der Waals surface area contributed by atoms with Gasteiger partial charge in [0.15, 0.2) is 0 Å². The first-order chi connectivity index (χ1) is 14.3. The minimum absolute atomic E-state index is 0.0167. The second kappa shape index (κ2) is 9.09. The Bertz CT molecular complexity index is 1090. The van der Waals surface area contributed by atoms with Crippen molar-refractivity contribution in [2.75, 3.05) is 19.5 Å². The molecule has 0 unspecified atom stereocenters. The topological polar surface area (TPSA) is 73.3 Å². The molecule has 0 saturated heterocycles. The third-order valence-corrected chi connectivity index (χ3v) is 4.71. The van der Waals surface area contributed by atoms with Gasteiger partial charge >= 0.3 is 5.97 Å². The maximum Gasteiger partial charge on any atom is 0.341 e. The minimum atomic E-state index is -0.528. The number of esters is 1. The van der Waals surface area contributed by atoms with Gasteiger partial charge in [-0.2, -0.15) is 0 Å². The van der Waals surface area contributed by atoms with E-state index in [1.54, 1.807) is 18.3 Å². The van der Waals surface area contributed by atoms with Gasteiger partial charge < -0.3 is 14.8 Å². The number of hydrogen-bond acceptors (Lipinski definition) is 6. The van der Waals surface area contributed by atoms with E-state index in [9.17, 15) is 9.18 Å². The molecule has 0 saturated carbocycles. The molecule has 0 aliphatic rings. The summed E-state index contributed by atoms with van der Waals surface area (Å²) in [6.45, 7) is 3.95. The van der Waals surface area contributed by atoms with Gasteiger partial charge in [-0.1, -0.05) is 25.4 Å². The molecule has 1 aromatic carbocycles. The van der Waals surface area contributed by atoms with Crippen molar-refractivity contribution >= 4 is 28.9 Å². The zero-order chi connectivity index (χ0) is 21.8. The van der Waals surface area contributed by atoms with Crippen molar-refractivity contribution in [3.05, 3.63) is 64.8 Å². The van der Waals surface area contributed by atoms with Crippen LogP contribution in [0.5, 0.6) is 5.88 Å². The van der Waals surface area contributed by atoms with E-state index in [1.165, 1.54) is 38.6 Å². The number of benzene rings is 1. The standard InChI is InChI=1S/C22H21ClFN3O3/c1-12(2)20-19(26-18-7-8-25-11-16(18)22(28)30-4)10-15(21(27-20)29-3)14-9-13(23)5-6-17(14)24/h5-12H,1-4H3,(H,25,26). The van der Waals surface area contributed by atoms with Crippen molar-refractivity contribution in [1.29, 1.82) is 0 Å². The minimum Gasteiger partial charge on any atom is -0.481 e. The lowest BCUT2D eigenvalue weighted by atomic mass is 10.0. The zero-order valence-corrected chi connectivity index (χ0v) is 17.7. The van der Waals surface area contributed by atoms with Crippen LogP contribution in [0.15, 0.2) is 42.7 Å². The number of nitrogens with zero attached hydrogens (tertiary/aromatic N) is 2. The molecule has 0 fully saturated rings. The van der Waals surface area contributed by atoms with Crippen LogP contribution >= 0.6 is 11.6 Å². The van der Waals surface area contributed by atoms with E-state index in [0.29, 0.717) is 27.7 Å². The Hall–Kier alpha value is -3.19. The summed E-state index contributed by atoms with van der Waals surface area (Å²) in [6, 6.07) is 7.67. The van der Waals surface area contributed by atoms with Crippen molar-refractivity contribution in [3.8, 4) is 17.0 Å². The molecule has 0 radical (unpaired) electrons. The fraction of sp³-hybridized carbons (Fsp3) is 0.227. The van der Waals surface area contributed by atoms with Gasteiger partial charge in [-0.25, -0.2) is 14.2 Å². The molecule has 30 heavy (non-hydrogen) atoms. The molecule has 0 bridgehead atoms. The first kappa shape index (κ1) is 21.5. The fourth-order valence-corrected chi connectivity index (χ4v) is 3.20. The zero-order valence-electron chi connectivity index (χ0n) is 17.0. The molecule has 156 valence electrons. The van der Waals surface area contributed by atoms with Crippen LogP contribution in [0.2, 0.25) is 5.02 Å². The van der Waals surface area contributed by atoms with Gasteiger partial charge in [0.2, 0.25) is 5.88 Å². The summed E-state index contributed by atoms with van der Waals surface area (Å²) < 4.78 is 24.8. The maximum absolute atomic E-state index is 14.6. The lowest BCUT2D eigenvalue weighted by Crippen LogP contribution is -2.09. The highest BCUT2D eigenvalue weighted by molar-refractivity contribution is 6.30. The Balaban J connectivity index is 2.20. The van der Waals surface area contributed by atoms with Gasteiger partial charge in [0.1, 0.15) is 11.4 Å². The number of methoxy groups -OCH3 is 2. The van der Waals surface area contributed by atoms with Crippen molar-refractivity contribution in [1.82, 2.24) is 9.97 Å². The summed E-state index contributed by atoms with van der Waals surface area (Å²) in [6.07, 6.45) is 2.97. The summed E-state index contributed by atoms with van der Waals surface area (Å²) in [5.74, 6) is -0.697. The van der Waals surface area contributed by atoms with Crippen LogP contribution in [0.3, 0.4) is 0 Å². The molecule has 2 heterocycles. The molecule has 3 rings (SSSR count). The predicted octanol–water partition coefficient (Wildman–Crippen LogP) is 5.60. The van der Waals surface area contributed by atoms with Crippen LogP contribution in [0.4, 0.5) is 15.8 Å². The molecule has 0 spiro atoms. The number of hydrogen-bond donors (Lipinski definition) is 1. The highest BCUT2D eigenvalue weighted by Gasteiger charge is 2.20. The van der Waals surface area contributed by atoms with E-state index < -0.39 is 11.8 Å². The lowest BCUT2D eigenvalue weighted by Gasteiger charge is -2.19. The number of carbonyl (C=O) groups is 1. The van der Waals surface area contributed by atoms with Crippen molar-refractivity contribution in [2.45, 2.75) is 19.8 Å². The Kier molecular flexibility index (Phi) is 6.52. The van der Waals surface area contributed by atoms with Crippen LogP contribution in [0.25, 0.3) is 11.1 Å². The van der Waals surface area contributed by atoms with Gasteiger partial charge in [0.25, 0.3) is 0 Å². The average Bonchev–Trinajstić information content (AvgIpc) is 2.74. The number of carbonyl (C=O) groups excluding carboxylic acids is 1. The van der Waals surface area contributed by atoms with Crippen LogP contribution in [0.1, 0.15) is 35.8 Å². The third kappa shape index (κ3) is 4.36. The summed E-state index contributed by atoms with van der Waals surface area (Å²) in [4.78, 5) is 20.7. The number of halogens is 2. The maximum atomic E-state index is 14.6. The van der Waals surface area contributed by atoms with Gasteiger partial charge in [0.05, 0.1) is 31.3 Å². The first-order valence-corrected chi connectivity index (χ1v) is 9.57. The SMILES string of the molecule is COC(=O)c1cnccc1Nc1cc(-c2cc(Cl)ccc2F)c(OC)nc1C(C)C. The van der Waals surface area contributed by atoms with Gasteiger partial charge in [0, 0.05) is 28.5 Å². The quantitative estimate of drug-likeness (QED) is 0.514. The Morgan fingerprint density at radius 2 is 1.90 bits per heavy atom. The molecule has 8 heteroatoms. The Labute approximate surface area is 179 Å². The second-order valence-electron chi connectivity index (χ2n) is 6.79. The van der Waals surface area contributed by atoms with Crippen molar-refractivity contribution in [2.24, 2.45) is 0 Å². The van der Waals surface area contributed by atoms with E-state index in [4.69, 9.17) is 21.1 Å². The summed E-state index contributed by atoms with van der Waals surface area (Å²) >= 11 is 6.08. The van der Waals surface area contributed by atoms with E-state index in [1.807, 2.05) is 13.8 Å². The van der Waals surface area contributed by atoms with E-state index in [0.717, 1.165) is 0 Å². The Morgan fingerprint density at radius 3 is 2.57 bits per heavy atom. The normalized spacial score (nSPS) is 10.8. The van der Waals surface area contributed by atoms with Crippen LogP contribution < -0.4 is 10.1 Å². The van der Waals surface area contributed by atoms with E-state index >= 15 is 0 Å². The van der Waals surface area contributed by atoms with Gasteiger partial charge in [-0.05, 0) is 36.2 Å². The van der Waals surface area contributed by atoms with Crippen LogP contribution in [-0.4, -0.2) is 30.2 Å². The van der Waals surface area contributed by atoms with Crippen molar-refractivity contribution in [3.63, 3.8) is 0 Å². The largest absolute Gasteiger partial charge is 0.481 e. The highest BCUT2D eigenvalue weighted by Crippen LogP contribution is 2.38. The summed E-state index contributed by atoms with van der Waals surface area (Å²) in [5.41, 5.74) is 2.72. The molecule has 0 aliphatic carbocycles. The smallest absolute Gasteiger partial charge is 0.341 e. The third-order valence-electron chi connectivity index (χ3n) is 4.47. The monoisotopic (exact) mass is 429 g/mol. The van der Waals surface area contributed by atoms with E-state index in [-0.39, 0.29) is 22.9 Å². The van der Waals surface area contributed by atoms with Crippen LogP contribution in [-0.2, 0) is 4.74 Å². The first-order valence-electron chi connectivity index (χ1n) is 9.19. The number of nitrogens with one attached hydrogen (secondary N) is 1. The molecule has 6 nitrogen and oxygen atoms in total. The van der Waals surface area contributed by atoms with Crippen LogP contribution in [0, 0.1) is 5.82 Å². The molecule has 0 atom stereocenters. The Morgan fingerprint density at radius 1 is 1.13 bits per heavy atom. The molecular formula is C22H21ClFN3O3. The van der Waals surface area contributed by atoms with Gasteiger partial charge in [-0.3, -0.25) is 4.98 Å². The number of ether oxygens (including phenoxy) is 2. The molecular weight excluding hydrogens is 409 g/mol. The number of anilines is 2. The average molecular weight is 430 g/mol. The second-order valence-corrected chi connectivity index (χ2v) is 7.23. The molecule has 2 aromatic heterocycles. The van der Waals surface area contributed by atoms with Gasteiger partial charge in [-0.15, -0.1) is 0 Å². The number of pyridine rings is 2.